The van der Waals surface area contributed by atoms with E-state index in [2.05, 4.69) is 5.32 Å². The fourth-order valence-corrected chi connectivity index (χ4v) is 4.53. The number of rotatable bonds is 12. The Morgan fingerprint density at radius 2 is 1.42 bits per heavy atom. The molecule has 1 N–H and O–H groups in total. The van der Waals surface area contributed by atoms with Gasteiger partial charge in [-0.2, -0.15) is 0 Å². The molecule has 0 saturated carbocycles. The van der Waals surface area contributed by atoms with Gasteiger partial charge in [-0.1, -0.05) is 54.6 Å². The minimum Gasteiger partial charge on any atom is -0.489 e. The van der Waals surface area contributed by atoms with Gasteiger partial charge in [0.25, 0.3) is 5.91 Å². The summed E-state index contributed by atoms with van der Waals surface area (Å²) in [5.41, 5.74) is 2.94. The van der Waals surface area contributed by atoms with Crippen LogP contribution in [0.5, 0.6) is 5.75 Å². The zero-order chi connectivity index (χ0) is 26.0. The van der Waals surface area contributed by atoms with Crippen LogP contribution in [-0.4, -0.2) is 39.2 Å². The summed E-state index contributed by atoms with van der Waals surface area (Å²) >= 11 is 0. The number of hydrogen-bond donors (Lipinski definition) is 1. The number of amides is 1. The number of methoxy groups -OCH3 is 1. The first kappa shape index (κ1) is 27.1. The van der Waals surface area contributed by atoms with E-state index in [0.29, 0.717) is 23.5 Å². The molecular formula is C27H30NO7P. The molecule has 3 aromatic carbocycles. The SMILES string of the molecule is COC(=O)[C@H](Cc1ccc(OCc2ccccc2)cc1)NC(=O)c1ccc(CP(=O)(OC)OC)cc1. The number of carbonyl (C=O) groups excluding carboxylic acids is 2. The van der Waals surface area contributed by atoms with Gasteiger partial charge in [-0.05, 0) is 41.0 Å². The number of nitrogens with one attached hydrogen (secondary N) is 1. The number of hydrogen-bond acceptors (Lipinski definition) is 7. The maximum atomic E-state index is 12.8. The van der Waals surface area contributed by atoms with Crippen molar-refractivity contribution in [2.45, 2.75) is 25.2 Å². The van der Waals surface area contributed by atoms with Crippen LogP contribution >= 0.6 is 7.60 Å². The van der Waals surface area contributed by atoms with Crippen molar-refractivity contribution in [3.05, 3.63) is 101 Å². The lowest BCUT2D eigenvalue weighted by Gasteiger charge is -2.17. The predicted octanol–water partition coefficient (Wildman–Crippen LogP) is 4.77. The third kappa shape index (κ3) is 7.78. The Kier molecular flexibility index (Phi) is 9.82. The molecule has 36 heavy (non-hydrogen) atoms. The number of esters is 1. The van der Waals surface area contributed by atoms with E-state index in [1.54, 1.807) is 24.3 Å². The molecule has 0 radical (unpaired) electrons. The highest BCUT2D eigenvalue weighted by molar-refractivity contribution is 7.52. The molecule has 0 spiro atoms. The summed E-state index contributed by atoms with van der Waals surface area (Å²) in [6, 6.07) is 22.8. The quantitative estimate of drug-likeness (QED) is 0.276. The molecule has 3 rings (SSSR count). The fraction of sp³-hybridized carbons (Fsp3) is 0.259. The zero-order valence-corrected chi connectivity index (χ0v) is 21.4. The molecule has 3 aromatic rings. The highest BCUT2D eigenvalue weighted by Gasteiger charge is 2.24. The Morgan fingerprint density at radius 3 is 2.00 bits per heavy atom. The van der Waals surface area contributed by atoms with Gasteiger partial charge in [-0.15, -0.1) is 0 Å². The Hall–Kier alpha value is -3.45. The first-order valence-corrected chi connectivity index (χ1v) is 13.0. The van der Waals surface area contributed by atoms with Crippen LogP contribution in [0.15, 0.2) is 78.9 Å². The summed E-state index contributed by atoms with van der Waals surface area (Å²) in [5.74, 6) is -0.278. The van der Waals surface area contributed by atoms with Crippen LogP contribution in [0.1, 0.15) is 27.0 Å². The monoisotopic (exact) mass is 511 g/mol. The van der Waals surface area contributed by atoms with Gasteiger partial charge in [0.1, 0.15) is 18.4 Å². The van der Waals surface area contributed by atoms with E-state index in [9.17, 15) is 14.2 Å². The number of ether oxygens (including phenoxy) is 2. The third-order valence-electron chi connectivity index (χ3n) is 5.55. The van der Waals surface area contributed by atoms with Gasteiger partial charge in [0.2, 0.25) is 0 Å². The van der Waals surface area contributed by atoms with E-state index in [0.717, 1.165) is 11.1 Å². The fourth-order valence-electron chi connectivity index (χ4n) is 3.46. The molecule has 190 valence electrons. The van der Waals surface area contributed by atoms with Crippen LogP contribution in [-0.2, 0) is 42.3 Å². The molecular weight excluding hydrogens is 481 g/mol. The minimum atomic E-state index is -3.22. The molecule has 0 fully saturated rings. The molecule has 1 atom stereocenters. The van der Waals surface area contributed by atoms with Crippen molar-refractivity contribution in [2.75, 3.05) is 21.3 Å². The average molecular weight is 512 g/mol. The minimum absolute atomic E-state index is 0.0811. The summed E-state index contributed by atoms with van der Waals surface area (Å²) in [5, 5.41) is 2.73. The third-order valence-corrected chi connectivity index (χ3v) is 7.42. The highest BCUT2D eigenvalue weighted by Crippen LogP contribution is 2.49. The molecule has 0 aliphatic rings. The molecule has 0 heterocycles. The largest absolute Gasteiger partial charge is 0.489 e. The molecule has 8 nitrogen and oxygen atoms in total. The van der Waals surface area contributed by atoms with Crippen LogP contribution in [0.3, 0.4) is 0 Å². The zero-order valence-electron chi connectivity index (χ0n) is 20.5. The molecule has 0 saturated heterocycles. The molecule has 9 heteroatoms. The maximum absolute atomic E-state index is 12.8. The summed E-state index contributed by atoms with van der Waals surface area (Å²) in [4.78, 5) is 25.2. The molecule has 0 aliphatic heterocycles. The Labute approximate surface area is 211 Å². The lowest BCUT2D eigenvalue weighted by Crippen LogP contribution is -2.43. The molecule has 1 amide bonds. The van der Waals surface area contributed by atoms with Gasteiger partial charge in [-0.3, -0.25) is 9.36 Å². The molecule has 0 unspecified atom stereocenters. The van der Waals surface area contributed by atoms with Crippen LogP contribution in [0, 0.1) is 0 Å². The standard InChI is InChI=1S/C27H30NO7P/c1-32-27(30)25(17-20-11-15-24(16-12-20)35-18-21-7-5-4-6-8-21)28-26(29)23-13-9-22(10-14-23)19-36(31,33-2)34-3/h4-16,25H,17-19H2,1-3H3,(H,28,29)/t25-/m0/s1. The first-order valence-electron chi connectivity index (χ1n) is 11.3. The molecule has 0 bridgehead atoms. The number of carbonyl (C=O) groups is 2. The number of benzene rings is 3. The Balaban J connectivity index is 1.61. The van der Waals surface area contributed by atoms with Gasteiger partial charge >= 0.3 is 13.6 Å². The molecule has 0 aromatic heterocycles. The maximum Gasteiger partial charge on any atom is 0.334 e. The average Bonchev–Trinajstić information content (AvgIpc) is 2.92. The van der Waals surface area contributed by atoms with Gasteiger partial charge in [-0.25, -0.2) is 4.79 Å². The normalized spacial score (nSPS) is 12.0. The topological polar surface area (TPSA) is 100 Å². The lowest BCUT2D eigenvalue weighted by molar-refractivity contribution is -0.142. The second-order valence-corrected chi connectivity index (χ2v) is 10.3. The van der Waals surface area contributed by atoms with Gasteiger partial charge in [0.15, 0.2) is 0 Å². The van der Waals surface area contributed by atoms with Crippen LogP contribution in [0.2, 0.25) is 0 Å². The van der Waals surface area contributed by atoms with Crippen molar-refractivity contribution in [1.82, 2.24) is 5.32 Å². The van der Waals surface area contributed by atoms with Gasteiger partial charge in [0.05, 0.1) is 13.3 Å². The van der Waals surface area contributed by atoms with E-state index in [4.69, 9.17) is 18.5 Å². The summed E-state index contributed by atoms with van der Waals surface area (Å²) in [6.07, 6.45) is 0.331. The van der Waals surface area contributed by atoms with Crippen molar-refractivity contribution >= 4 is 19.5 Å². The first-order chi connectivity index (χ1) is 17.4. The van der Waals surface area contributed by atoms with E-state index in [-0.39, 0.29) is 12.6 Å². The summed E-state index contributed by atoms with van der Waals surface area (Å²) < 4.78 is 32.9. The summed E-state index contributed by atoms with van der Waals surface area (Å²) in [7, 11) is 0.711. The Morgan fingerprint density at radius 1 is 0.806 bits per heavy atom. The second kappa shape index (κ2) is 13.0. The highest BCUT2D eigenvalue weighted by atomic mass is 31.2. The van der Waals surface area contributed by atoms with Crippen molar-refractivity contribution in [3.63, 3.8) is 0 Å². The molecule has 0 aliphatic carbocycles. The Bertz CT molecular complexity index is 1170. The van der Waals surface area contributed by atoms with Crippen molar-refractivity contribution in [1.29, 1.82) is 0 Å². The van der Waals surface area contributed by atoms with Gasteiger partial charge in [0, 0.05) is 26.2 Å². The predicted molar refractivity (Wildman–Crippen MR) is 136 cm³/mol. The van der Waals surface area contributed by atoms with Crippen LogP contribution in [0.25, 0.3) is 0 Å². The van der Waals surface area contributed by atoms with E-state index in [1.165, 1.54) is 21.3 Å². The van der Waals surface area contributed by atoms with E-state index >= 15 is 0 Å². The van der Waals surface area contributed by atoms with Crippen LogP contribution in [0.4, 0.5) is 0 Å². The van der Waals surface area contributed by atoms with E-state index < -0.39 is 25.5 Å². The van der Waals surface area contributed by atoms with Crippen LogP contribution < -0.4 is 10.1 Å². The van der Waals surface area contributed by atoms with E-state index in [1.807, 2.05) is 54.6 Å². The van der Waals surface area contributed by atoms with Crippen molar-refractivity contribution in [2.24, 2.45) is 0 Å². The summed E-state index contributed by atoms with van der Waals surface area (Å²) in [6.45, 7) is 0.453. The van der Waals surface area contributed by atoms with Crippen molar-refractivity contribution < 1.29 is 32.7 Å². The smallest absolute Gasteiger partial charge is 0.334 e. The van der Waals surface area contributed by atoms with Crippen molar-refractivity contribution in [3.8, 4) is 5.75 Å². The lowest BCUT2D eigenvalue weighted by atomic mass is 10.0. The van der Waals surface area contributed by atoms with Gasteiger partial charge < -0.3 is 23.8 Å². The second-order valence-electron chi connectivity index (χ2n) is 8.00.